The van der Waals surface area contributed by atoms with E-state index in [-0.39, 0.29) is 28.0 Å². The number of thioether (sulfide) groups is 1. The Hall–Kier alpha value is -3.04. The first-order valence-corrected chi connectivity index (χ1v) is 9.94. The number of aromatic hydroxyl groups is 1. The van der Waals surface area contributed by atoms with E-state index in [0.717, 1.165) is 0 Å². The minimum absolute atomic E-state index is 0.0456. The quantitative estimate of drug-likeness (QED) is 0.486. The number of para-hydroxylation sites is 1. The Morgan fingerprint density at radius 1 is 1.21 bits per heavy atom. The fourth-order valence-corrected chi connectivity index (χ4v) is 3.64. The molecule has 0 saturated carbocycles. The average Bonchev–Trinajstić information content (AvgIpc) is 3.10. The number of benzene rings is 2. The monoisotopic (exact) mass is 432 g/mol. The number of hydrogen-bond acceptors (Lipinski definition) is 6. The lowest BCUT2D eigenvalue weighted by atomic mass is 10.2. The van der Waals surface area contributed by atoms with Crippen LogP contribution in [-0.4, -0.2) is 42.6 Å². The Balaban J connectivity index is 1.70. The Kier molecular flexibility index (Phi) is 6.40. The average molecular weight is 433 g/mol. The van der Waals surface area contributed by atoms with Crippen molar-refractivity contribution in [1.29, 1.82) is 0 Å². The maximum absolute atomic E-state index is 12.3. The normalized spacial score (nSPS) is 10.7. The van der Waals surface area contributed by atoms with Gasteiger partial charge in [0.2, 0.25) is 5.91 Å². The van der Waals surface area contributed by atoms with Crippen LogP contribution in [0.1, 0.15) is 17.3 Å². The smallest absolute Gasteiger partial charge is 0.337 e. The Morgan fingerprint density at radius 3 is 2.66 bits per heavy atom. The van der Waals surface area contributed by atoms with Crippen molar-refractivity contribution in [3.8, 4) is 17.1 Å². The van der Waals surface area contributed by atoms with E-state index >= 15 is 0 Å². The molecule has 0 fully saturated rings. The van der Waals surface area contributed by atoms with Gasteiger partial charge in [-0.25, -0.2) is 4.79 Å². The molecule has 8 nitrogen and oxygen atoms in total. The topological polar surface area (TPSA) is 117 Å². The number of aromatic carboxylic acids is 1. The molecule has 0 aliphatic heterocycles. The summed E-state index contributed by atoms with van der Waals surface area (Å²) in [6, 6.07) is 11.1. The molecule has 0 saturated heterocycles. The van der Waals surface area contributed by atoms with Crippen molar-refractivity contribution in [2.75, 3.05) is 11.1 Å². The molecule has 3 aromatic rings. The van der Waals surface area contributed by atoms with E-state index in [1.54, 1.807) is 28.8 Å². The standard InChI is InChI=1S/C19H17ClN4O4S/c1-2-24-17(12-5-3-4-6-15(12)25)22-23-19(24)29-10-16(26)21-11-7-8-14(20)13(9-11)18(27)28/h3-9,25H,2,10H2,1H3,(H,21,26)(H,27,28). The zero-order chi connectivity index (χ0) is 21.0. The molecule has 1 amide bonds. The number of carbonyl (C=O) groups is 2. The summed E-state index contributed by atoms with van der Waals surface area (Å²) in [6.45, 7) is 2.47. The second kappa shape index (κ2) is 8.97. The van der Waals surface area contributed by atoms with E-state index in [1.165, 1.54) is 30.0 Å². The summed E-state index contributed by atoms with van der Waals surface area (Å²) in [4.78, 5) is 23.4. The summed E-state index contributed by atoms with van der Waals surface area (Å²) in [5, 5.41) is 30.7. The fourth-order valence-electron chi connectivity index (χ4n) is 2.64. The van der Waals surface area contributed by atoms with Gasteiger partial charge in [0.25, 0.3) is 0 Å². The first kappa shape index (κ1) is 20.7. The number of hydrogen-bond donors (Lipinski definition) is 3. The maximum atomic E-state index is 12.3. The van der Waals surface area contributed by atoms with Crippen molar-refractivity contribution >= 4 is 40.9 Å². The van der Waals surface area contributed by atoms with Gasteiger partial charge in [-0.1, -0.05) is 35.5 Å². The summed E-state index contributed by atoms with van der Waals surface area (Å²) in [6.07, 6.45) is 0. The third-order valence-corrected chi connectivity index (χ3v) is 5.29. The van der Waals surface area contributed by atoms with E-state index in [4.69, 9.17) is 16.7 Å². The van der Waals surface area contributed by atoms with Gasteiger partial charge in [-0.15, -0.1) is 10.2 Å². The summed E-state index contributed by atoms with van der Waals surface area (Å²) in [5.41, 5.74) is 0.805. The van der Waals surface area contributed by atoms with Gasteiger partial charge in [0, 0.05) is 12.2 Å². The molecule has 0 radical (unpaired) electrons. The fraction of sp³-hybridized carbons (Fsp3) is 0.158. The van der Waals surface area contributed by atoms with Gasteiger partial charge in [0.05, 0.1) is 21.9 Å². The third kappa shape index (κ3) is 4.69. The van der Waals surface area contributed by atoms with Crippen LogP contribution < -0.4 is 5.32 Å². The molecule has 0 unspecified atom stereocenters. The number of carboxylic acids is 1. The summed E-state index contributed by atoms with van der Waals surface area (Å²) in [7, 11) is 0. The third-order valence-electron chi connectivity index (χ3n) is 3.99. The number of carboxylic acid groups (broad SMARTS) is 1. The first-order chi connectivity index (χ1) is 13.9. The second-order valence-corrected chi connectivity index (χ2v) is 7.25. The number of nitrogens with zero attached hydrogens (tertiary/aromatic N) is 3. The highest BCUT2D eigenvalue weighted by Gasteiger charge is 2.17. The molecule has 0 bridgehead atoms. The lowest BCUT2D eigenvalue weighted by molar-refractivity contribution is -0.113. The highest BCUT2D eigenvalue weighted by molar-refractivity contribution is 7.99. The van der Waals surface area contributed by atoms with E-state index in [2.05, 4.69) is 15.5 Å². The van der Waals surface area contributed by atoms with Gasteiger partial charge in [0.15, 0.2) is 11.0 Å². The molecule has 3 rings (SSSR count). The van der Waals surface area contributed by atoms with Crippen molar-refractivity contribution in [2.24, 2.45) is 0 Å². The van der Waals surface area contributed by atoms with Crippen LogP contribution in [0.3, 0.4) is 0 Å². The number of amides is 1. The van der Waals surface area contributed by atoms with Gasteiger partial charge in [-0.3, -0.25) is 4.79 Å². The predicted octanol–water partition coefficient (Wildman–Crippen LogP) is 3.75. The predicted molar refractivity (Wildman–Crippen MR) is 111 cm³/mol. The van der Waals surface area contributed by atoms with E-state index in [0.29, 0.717) is 28.8 Å². The number of carbonyl (C=O) groups excluding carboxylic acids is 1. The number of rotatable bonds is 7. The van der Waals surface area contributed by atoms with E-state index in [9.17, 15) is 14.7 Å². The van der Waals surface area contributed by atoms with E-state index in [1.807, 2.05) is 6.92 Å². The number of nitrogens with one attached hydrogen (secondary N) is 1. The molecular weight excluding hydrogens is 416 g/mol. The highest BCUT2D eigenvalue weighted by atomic mass is 35.5. The van der Waals surface area contributed by atoms with Gasteiger partial charge in [0.1, 0.15) is 5.75 Å². The van der Waals surface area contributed by atoms with Crippen molar-refractivity contribution in [3.05, 3.63) is 53.1 Å². The lowest BCUT2D eigenvalue weighted by Crippen LogP contribution is -2.15. The summed E-state index contributed by atoms with van der Waals surface area (Å²) < 4.78 is 1.80. The molecule has 0 aliphatic rings. The SMILES string of the molecule is CCn1c(SCC(=O)Nc2ccc(Cl)c(C(=O)O)c2)nnc1-c1ccccc1O. The highest BCUT2D eigenvalue weighted by Crippen LogP contribution is 2.30. The van der Waals surface area contributed by atoms with Gasteiger partial charge >= 0.3 is 5.97 Å². The number of phenolic OH excluding ortho intramolecular Hbond substituents is 1. The molecule has 0 atom stereocenters. The Labute approximate surface area is 175 Å². The van der Waals surface area contributed by atoms with Crippen LogP contribution in [0.15, 0.2) is 47.6 Å². The van der Waals surface area contributed by atoms with E-state index < -0.39 is 5.97 Å². The molecule has 1 heterocycles. The second-order valence-electron chi connectivity index (χ2n) is 5.90. The molecule has 3 N–H and O–H groups in total. The van der Waals surface area contributed by atoms with Crippen LogP contribution in [0.4, 0.5) is 5.69 Å². The Morgan fingerprint density at radius 2 is 1.97 bits per heavy atom. The molecule has 1 aromatic heterocycles. The van der Waals surface area contributed by atoms with Gasteiger partial charge in [-0.2, -0.15) is 0 Å². The zero-order valence-corrected chi connectivity index (χ0v) is 16.9. The first-order valence-electron chi connectivity index (χ1n) is 8.57. The lowest BCUT2D eigenvalue weighted by Gasteiger charge is -2.09. The van der Waals surface area contributed by atoms with Crippen molar-refractivity contribution in [1.82, 2.24) is 14.8 Å². The zero-order valence-electron chi connectivity index (χ0n) is 15.3. The van der Waals surface area contributed by atoms with Gasteiger partial charge in [-0.05, 0) is 37.3 Å². The molecule has 150 valence electrons. The van der Waals surface area contributed by atoms with Crippen molar-refractivity contribution < 1.29 is 19.8 Å². The minimum atomic E-state index is -1.17. The van der Waals surface area contributed by atoms with Crippen LogP contribution in [0.5, 0.6) is 5.75 Å². The number of phenols is 1. The molecule has 0 aliphatic carbocycles. The number of anilines is 1. The van der Waals surface area contributed by atoms with Crippen LogP contribution in [0.25, 0.3) is 11.4 Å². The molecule has 2 aromatic carbocycles. The molecule has 29 heavy (non-hydrogen) atoms. The van der Waals surface area contributed by atoms with Crippen molar-refractivity contribution in [3.63, 3.8) is 0 Å². The van der Waals surface area contributed by atoms with Crippen molar-refractivity contribution in [2.45, 2.75) is 18.6 Å². The molecule has 10 heteroatoms. The Bertz CT molecular complexity index is 1070. The minimum Gasteiger partial charge on any atom is -0.507 e. The molecule has 0 spiro atoms. The summed E-state index contributed by atoms with van der Waals surface area (Å²) in [5.74, 6) is -0.848. The largest absolute Gasteiger partial charge is 0.507 e. The summed E-state index contributed by atoms with van der Waals surface area (Å²) >= 11 is 7.02. The number of aromatic nitrogens is 3. The number of halogens is 1. The van der Waals surface area contributed by atoms with Crippen LogP contribution >= 0.6 is 23.4 Å². The van der Waals surface area contributed by atoms with Crippen LogP contribution in [0.2, 0.25) is 5.02 Å². The van der Waals surface area contributed by atoms with Crippen LogP contribution in [0, 0.1) is 0 Å². The molecular formula is C19H17ClN4O4S. The van der Waals surface area contributed by atoms with Crippen LogP contribution in [-0.2, 0) is 11.3 Å². The maximum Gasteiger partial charge on any atom is 0.337 e. The van der Waals surface area contributed by atoms with Gasteiger partial charge < -0.3 is 20.1 Å².